The van der Waals surface area contributed by atoms with Gasteiger partial charge in [-0.05, 0) is 31.5 Å². The number of hydrogen-bond donors (Lipinski definition) is 1. The topological polar surface area (TPSA) is 100.0 Å². The second-order valence-electron chi connectivity index (χ2n) is 5.97. The molecule has 1 heterocycles. The van der Waals surface area contributed by atoms with Gasteiger partial charge in [-0.3, -0.25) is 9.36 Å². The number of ether oxygens (including phenoxy) is 1. The number of aromatic nitrogens is 1. The van der Waals surface area contributed by atoms with Gasteiger partial charge in [0.1, 0.15) is 17.4 Å². The van der Waals surface area contributed by atoms with E-state index in [1.807, 2.05) is 13.0 Å². The van der Waals surface area contributed by atoms with E-state index in [9.17, 15) is 15.2 Å². The molecule has 0 aliphatic rings. The van der Waals surface area contributed by atoms with Crippen molar-refractivity contribution in [1.29, 1.82) is 5.26 Å². The summed E-state index contributed by atoms with van der Waals surface area (Å²) in [6, 6.07) is 6.79. The Bertz CT molecular complexity index is 961. The summed E-state index contributed by atoms with van der Waals surface area (Å²) >= 11 is 6.07. The quantitative estimate of drug-likeness (QED) is 0.532. The van der Waals surface area contributed by atoms with Crippen molar-refractivity contribution >= 4 is 23.0 Å². The van der Waals surface area contributed by atoms with Crippen LogP contribution in [0.4, 0.5) is 11.4 Å². The zero-order valence-corrected chi connectivity index (χ0v) is 16.2. The molecule has 1 N–H and O–H groups in total. The van der Waals surface area contributed by atoms with Gasteiger partial charge in [0.15, 0.2) is 5.69 Å². The molecule has 1 aromatic carbocycles. The van der Waals surface area contributed by atoms with Crippen LogP contribution < -0.4 is 10.3 Å². The Labute approximate surface area is 162 Å². The van der Waals surface area contributed by atoms with Gasteiger partial charge in [-0.2, -0.15) is 10.4 Å². The minimum Gasteiger partial charge on any atom is -0.495 e. The van der Waals surface area contributed by atoms with Crippen LogP contribution in [-0.4, -0.2) is 16.8 Å². The molecule has 27 heavy (non-hydrogen) atoms. The minimum atomic E-state index is -0.483. The molecule has 8 heteroatoms. The van der Waals surface area contributed by atoms with Crippen LogP contribution in [0.3, 0.4) is 0 Å². The molecule has 0 atom stereocenters. The van der Waals surface area contributed by atoms with Crippen LogP contribution in [0.1, 0.15) is 37.3 Å². The molecule has 2 aromatic rings. The van der Waals surface area contributed by atoms with Crippen LogP contribution >= 0.6 is 11.6 Å². The molecule has 0 saturated heterocycles. The van der Waals surface area contributed by atoms with Crippen LogP contribution in [0, 0.1) is 18.3 Å². The van der Waals surface area contributed by atoms with E-state index in [4.69, 9.17) is 16.3 Å². The van der Waals surface area contributed by atoms with Gasteiger partial charge in [0, 0.05) is 12.1 Å². The monoisotopic (exact) mass is 388 g/mol. The lowest BCUT2D eigenvalue weighted by molar-refractivity contribution is 0.398. The predicted molar refractivity (Wildman–Crippen MR) is 104 cm³/mol. The van der Waals surface area contributed by atoms with Crippen LogP contribution in [-0.2, 0) is 6.54 Å². The standard InChI is InChI=1S/C19H21ClN4O3/c1-4-5-6-9-24-18(25)14(11-21)12(2)17(19(24)26)23-22-13-7-8-16(27-3)15(20)10-13/h7-8,10,25H,4-6,9H2,1-3H3. The maximum atomic E-state index is 12.8. The number of nitriles is 1. The van der Waals surface area contributed by atoms with Gasteiger partial charge in [0.2, 0.25) is 5.88 Å². The Kier molecular flexibility index (Phi) is 6.97. The number of pyridine rings is 1. The van der Waals surface area contributed by atoms with Crippen molar-refractivity contribution in [2.45, 2.75) is 39.7 Å². The van der Waals surface area contributed by atoms with Crippen LogP contribution in [0.5, 0.6) is 11.6 Å². The van der Waals surface area contributed by atoms with Crippen LogP contribution in [0.2, 0.25) is 5.02 Å². The maximum Gasteiger partial charge on any atom is 0.281 e. The summed E-state index contributed by atoms with van der Waals surface area (Å²) in [5, 5.41) is 28.1. The number of methoxy groups -OCH3 is 1. The molecule has 7 nitrogen and oxygen atoms in total. The van der Waals surface area contributed by atoms with Crippen molar-refractivity contribution < 1.29 is 9.84 Å². The summed E-state index contributed by atoms with van der Waals surface area (Å²) in [4.78, 5) is 12.8. The SMILES string of the molecule is CCCCCn1c(O)c(C#N)c(C)c(N=Nc2ccc(OC)c(Cl)c2)c1=O. The van der Waals surface area contributed by atoms with E-state index in [0.717, 1.165) is 12.8 Å². The Hall–Kier alpha value is -2.85. The molecule has 142 valence electrons. The molecule has 0 bridgehead atoms. The summed E-state index contributed by atoms with van der Waals surface area (Å²) in [7, 11) is 1.51. The number of benzene rings is 1. The Balaban J connectivity index is 2.49. The van der Waals surface area contributed by atoms with E-state index in [1.54, 1.807) is 25.1 Å². The average molecular weight is 389 g/mol. The second-order valence-corrected chi connectivity index (χ2v) is 6.37. The van der Waals surface area contributed by atoms with Crippen molar-refractivity contribution in [1.82, 2.24) is 4.57 Å². The Morgan fingerprint density at radius 1 is 1.33 bits per heavy atom. The lowest BCUT2D eigenvalue weighted by Gasteiger charge is -2.12. The normalized spacial score (nSPS) is 10.9. The number of rotatable bonds is 7. The first-order valence-electron chi connectivity index (χ1n) is 8.56. The van der Waals surface area contributed by atoms with E-state index in [-0.39, 0.29) is 22.7 Å². The number of hydrogen-bond acceptors (Lipinski definition) is 6. The number of halogens is 1. The van der Waals surface area contributed by atoms with Crippen molar-refractivity contribution in [3.8, 4) is 17.7 Å². The highest BCUT2D eigenvalue weighted by Gasteiger charge is 2.19. The first kappa shape index (κ1) is 20.5. The highest BCUT2D eigenvalue weighted by molar-refractivity contribution is 6.32. The van der Waals surface area contributed by atoms with Crippen LogP contribution in [0.25, 0.3) is 0 Å². The van der Waals surface area contributed by atoms with E-state index in [1.165, 1.54) is 11.7 Å². The number of unbranched alkanes of at least 4 members (excludes halogenated alkanes) is 2. The third kappa shape index (κ3) is 4.47. The number of nitrogens with zero attached hydrogens (tertiary/aromatic N) is 4. The smallest absolute Gasteiger partial charge is 0.281 e. The minimum absolute atomic E-state index is 0.0211. The van der Waals surface area contributed by atoms with Gasteiger partial charge in [0.05, 0.1) is 17.8 Å². The number of azo groups is 1. The van der Waals surface area contributed by atoms with Crippen molar-refractivity contribution in [2.75, 3.05) is 7.11 Å². The molecular formula is C19H21ClN4O3. The average Bonchev–Trinajstić information content (AvgIpc) is 2.65. The van der Waals surface area contributed by atoms with Crippen molar-refractivity contribution in [3.05, 3.63) is 44.7 Å². The molecule has 0 unspecified atom stereocenters. The Morgan fingerprint density at radius 2 is 2.07 bits per heavy atom. The summed E-state index contributed by atoms with van der Waals surface area (Å²) < 4.78 is 6.26. The van der Waals surface area contributed by atoms with Gasteiger partial charge in [-0.1, -0.05) is 31.4 Å². The lowest BCUT2D eigenvalue weighted by Crippen LogP contribution is -2.22. The third-order valence-corrected chi connectivity index (χ3v) is 4.45. The molecule has 0 aliphatic carbocycles. The molecule has 2 rings (SSSR count). The summed E-state index contributed by atoms with van der Waals surface area (Å²) in [6.45, 7) is 3.91. The molecule has 0 radical (unpaired) electrons. The lowest BCUT2D eigenvalue weighted by atomic mass is 10.1. The summed E-state index contributed by atoms with van der Waals surface area (Å²) in [6.07, 6.45) is 2.59. The molecule has 0 fully saturated rings. The molecule has 0 spiro atoms. The molecular weight excluding hydrogens is 368 g/mol. The highest BCUT2D eigenvalue weighted by Crippen LogP contribution is 2.31. The van der Waals surface area contributed by atoms with E-state index in [2.05, 4.69) is 10.2 Å². The second kappa shape index (κ2) is 9.19. The maximum absolute atomic E-state index is 12.8. The summed E-state index contributed by atoms with van der Waals surface area (Å²) in [5.74, 6) is 0.170. The number of aromatic hydroxyl groups is 1. The van der Waals surface area contributed by atoms with Gasteiger partial charge < -0.3 is 9.84 Å². The van der Waals surface area contributed by atoms with Crippen LogP contribution in [0.15, 0.2) is 33.2 Å². The van der Waals surface area contributed by atoms with E-state index < -0.39 is 5.56 Å². The van der Waals surface area contributed by atoms with Crippen molar-refractivity contribution in [2.24, 2.45) is 10.2 Å². The largest absolute Gasteiger partial charge is 0.495 e. The van der Waals surface area contributed by atoms with E-state index in [0.29, 0.717) is 29.4 Å². The fraction of sp³-hybridized carbons (Fsp3) is 0.368. The van der Waals surface area contributed by atoms with Crippen molar-refractivity contribution in [3.63, 3.8) is 0 Å². The van der Waals surface area contributed by atoms with Gasteiger partial charge in [0.25, 0.3) is 5.56 Å². The fourth-order valence-corrected chi connectivity index (χ4v) is 2.86. The Morgan fingerprint density at radius 3 is 2.67 bits per heavy atom. The first-order chi connectivity index (χ1) is 12.9. The molecule has 0 amide bonds. The first-order valence-corrected chi connectivity index (χ1v) is 8.94. The molecule has 0 aliphatic heterocycles. The summed E-state index contributed by atoms with van der Waals surface area (Å²) in [5.41, 5.74) is 0.280. The third-order valence-electron chi connectivity index (χ3n) is 4.16. The van der Waals surface area contributed by atoms with Gasteiger partial charge in [-0.15, -0.1) is 5.11 Å². The predicted octanol–water partition coefficient (Wildman–Crippen LogP) is 5.00. The molecule has 1 aromatic heterocycles. The fourth-order valence-electron chi connectivity index (χ4n) is 2.61. The molecule has 0 saturated carbocycles. The van der Waals surface area contributed by atoms with Gasteiger partial charge >= 0.3 is 0 Å². The van der Waals surface area contributed by atoms with Gasteiger partial charge in [-0.25, -0.2) is 0 Å². The highest BCUT2D eigenvalue weighted by atomic mass is 35.5. The zero-order valence-electron chi connectivity index (χ0n) is 15.5. The van der Waals surface area contributed by atoms with E-state index >= 15 is 0 Å². The zero-order chi connectivity index (χ0) is 20.0.